The van der Waals surface area contributed by atoms with E-state index in [2.05, 4.69) is 22.5 Å². The lowest BCUT2D eigenvalue weighted by atomic mass is 10.1. The summed E-state index contributed by atoms with van der Waals surface area (Å²) >= 11 is 1.32. The van der Waals surface area contributed by atoms with Crippen molar-refractivity contribution in [2.24, 2.45) is 0 Å². The molecule has 0 spiro atoms. The number of carbonyl (C=O) groups excluding carboxylic acids is 2. The lowest BCUT2D eigenvalue weighted by Gasteiger charge is -2.05. The van der Waals surface area contributed by atoms with Gasteiger partial charge in [0.1, 0.15) is 0 Å². The van der Waals surface area contributed by atoms with Crippen LogP contribution < -0.4 is 10.6 Å². The molecule has 0 aliphatic rings. The number of amides is 2. The van der Waals surface area contributed by atoms with E-state index in [1.807, 2.05) is 54.6 Å². The summed E-state index contributed by atoms with van der Waals surface area (Å²) in [6.45, 7) is 2.09. The quantitative estimate of drug-likeness (QED) is 0.650. The van der Waals surface area contributed by atoms with E-state index in [9.17, 15) is 9.59 Å². The number of rotatable bonds is 7. The Morgan fingerprint density at radius 2 is 1.59 bits per heavy atom. The van der Waals surface area contributed by atoms with E-state index in [-0.39, 0.29) is 18.2 Å². The minimum atomic E-state index is -0.133. The molecule has 0 saturated heterocycles. The second kappa shape index (κ2) is 9.09. The Kier molecular flexibility index (Phi) is 6.33. The molecule has 0 saturated carbocycles. The van der Waals surface area contributed by atoms with Gasteiger partial charge in [-0.05, 0) is 29.7 Å². The van der Waals surface area contributed by atoms with E-state index < -0.39 is 0 Å². The molecule has 0 fully saturated rings. The molecule has 3 aromatic rings. The van der Waals surface area contributed by atoms with Gasteiger partial charge in [-0.1, -0.05) is 49.4 Å². The van der Waals surface area contributed by atoms with Crippen molar-refractivity contribution < 1.29 is 9.59 Å². The van der Waals surface area contributed by atoms with Crippen LogP contribution in [0, 0.1) is 0 Å². The highest BCUT2D eigenvalue weighted by Crippen LogP contribution is 2.17. The minimum Gasteiger partial charge on any atom is -0.326 e. The van der Waals surface area contributed by atoms with Crippen molar-refractivity contribution in [3.63, 3.8) is 0 Å². The van der Waals surface area contributed by atoms with Gasteiger partial charge in [-0.2, -0.15) is 0 Å². The molecule has 1 aromatic heterocycles. The Hall–Kier alpha value is -2.99. The van der Waals surface area contributed by atoms with Gasteiger partial charge in [0.2, 0.25) is 11.8 Å². The Labute approximate surface area is 162 Å². The molecule has 0 aliphatic heterocycles. The monoisotopic (exact) mass is 379 g/mol. The number of aromatic nitrogens is 1. The first-order valence-corrected chi connectivity index (χ1v) is 9.67. The molecule has 1 heterocycles. The maximum Gasteiger partial charge on any atom is 0.230 e. The molecular weight excluding hydrogens is 358 g/mol. The van der Waals surface area contributed by atoms with Crippen molar-refractivity contribution in [2.75, 3.05) is 10.6 Å². The summed E-state index contributed by atoms with van der Waals surface area (Å²) in [5.74, 6) is -0.255. The summed E-state index contributed by atoms with van der Waals surface area (Å²) in [6, 6.07) is 17.3. The molecule has 2 amide bonds. The molecule has 138 valence electrons. The fourth-order valence-corrected chi connectivity index (χ4v) is 3.31. The summed E-state index contributed by atoms with van der Waals surface area (Å²) in [6.07, 6.45) is 1.43. The SMILES string of the molecule is CCc1ccc(NC(=O)Cc2csc(NC(=O)Cc3ccccc3)n2)cc1. The molecule has 27 heavy (non-hydrogen) atoms. The topological polar surface area (TPSA) is 71.1 Å². The summed E-state index contributed by atoms with van der Waals surface area (Å²) in [5, 5.41) is 7.94. The van der Waals surface area contributed by atoms with Gasteiger partial charge >= 0.3 is 0 Å². The second-order valence-electron chi connectivity index (χ2n) is 6.13. The van der Waals surface area contributed by atoms with Gasteiger partial charge < -0.3 is 10.6 Å². The molecular formula is C21H21N3O2S. The zero-order valence-electron chi connectivity index (χ0n) is 15.1. The van der Waals surface area contributed by atoms with Gasteiger partial charge in [-0.25, -0.2) is 4.98 Å². The number of hydrogen-bond acceptors (Lipinski definition) is 4. The van der Waals surface area contributed by atoms with Gasteiger partial charge in [0, 0.05) is 11.1 Å². The van der Waals surface area contributed by atoms with Crippen molar-refractivity contribution in [1.82, 2.24) is 4.98 Å². The van der Waals surface area contributed by atoms with Crippen LogP contribution in [0.25, 0.3) is 0 Å². The van der Waals surface area contributed by atoms with E-state index in [0.29, 0.717) is 17.2 Å². The predicted octanol–water partition coefficient (Wildman–Crippen LogP) is 4.07. The lowest BCUT2D eigenvalue weighted by molar-refractivity contribution is -0.116. The normalized spacial score (nSPS) is 10.4. The third kappa shape index (κ3) is 5.76. The van der Waals surface area contributed by atoms with Crippen LogP contribution in [0.1, 0.15) is 23.7 Å². The number of benzene rings is 2. The first-order chi connectivity index (χ1) is 13.1. The van der Waals surface area contributed by atoms with Crippen LogP contribution >= 0.6 is 11.3 Å². The smallest absolute Gasteiger partial charge is 0.230 e. The number of nitrogens with one attached hydrogen (secondary N) is 2. The summed E-state index contributed by atoms with van der Waals surface area (Å²) in [4.78, 5) is 28.6. The molecule has 0 atom stereocenters. The van der Waals surface area contributed by atoms with Crippen LogP contribution in [0.4, 0.5) is 10.8 Å². The molecule has 6 heteroatoms. The Morgan fingerprint density at radius 3 is 2.30 bits per heavy atom. The highest BCUT2D eigenvalue weighted by atomic mass is 32.1. The average molecular weight is 379 g/mol. The van der Waals surface area contributed by atoms with Gasteiger partial charge in [0.05, 0.1) is 18.5 Å². The average Bonchev–Trinajstić information content (AvgIpc) is 3.09. The maximum absolute atomic E-state index is 12.2. The van der Waals surface area contributed by atoms with Crippen LogP contribution in [0.15, 0.2) is 60.0 Å². The Bertz CT molecular complexity index is 905. The van der Waals surface area contributed by atoms with Crippen molar-refractivity contribution >= 4 is 34.0 Å². The lowest BCUT2D eigenvalue weighted by Crippen LogP contribution is -2.16. The van der Waals surface area contributed by atoms with E-state index in [4.69, 9.17) is 0 Å². The van der Waals surface area contributed by atoms with Crippen LogP contribution in [0.3, 0.4) is 0 Å². The molecule has 5 nitrogen and oxygen atoms in total. The number of hydrogen-bond donors (Lipinski definition) is 2. The molecule has 2 aromatic carbocycles. The standard InChI is InChI=1S/C21H21N3O2S/c1-2-15-8-10-17(11-9-15)22-20(26)13-18-14-27-21(23-18)24-19(25)12-16-6-4-3-5-7-16/h3-11,14H,2,12-13H2,1H3,(H,22,26)(H,23,24,25). The van der Waals surface area contributed by atoms with Crippen molar-refractivity contribution in [3.8, 4) is 0 Å². The Morgan fingerprint density at radius 1 is 0.889 bits per heavy atom. The first kappa shape index (κ1) is 18.8. The Balaban J connectivity index is 1.50. The molecule has 3 rings (SSSR count). The first-order valence-electron chi connectivity index (χ1n) is 8.79. The van der Waals surface area contributed by atoms with Crippen molar-refractivity contribution in [3.05, 3.63) is 76.8 Å². The van der Waals surface area contributed by atoms with Gasteiger partial charge in [0.25, 0.3) is 0 Å². The largest absolute Gasteiger partial charge is 0.326 e. The van der Waals surface area contributed by atoms with E-state index in [1.165, 1.54) is 16.9 Å². The van der Waals surface area contributed by atoms with Crippen LogP contribution in [-0.4, -0.2) is 16.8 Å². The zero-order chi connectivity index (χ0) is 19.1. The highest BCUT2D eigenvalue weighted by molar-refractivity contribution is 7.13. The number of thiazole rings is 1. The van der Waals surface area contributed by atoms with Gasteiger partial charge in [0.15, 0.2) is 5.13 Å². The van der Waals surface area contributed by atoms with E-state index in [1.54, 1.807) is 5.38 Å². The fourth-order valence-electron chi connectivity index (χ4n) is 2.58. The number of anilines is 2. The van der Waals surface area contributed by atoms with Crippen LogP contribution in [0.5, 0.6) is 0 Å². The number of aryl methyl sites for hydroxylation is 1. The predicted molar refractivity (Wildman–Crippen MR) is 109 cm³/mol. The van der Waals surface area contributed by atoms with Gasteiger partial charge in [-0.15, -0.1) is 11.3 Å². The third-order valence-corrected chi connectivity index (χ3v) is 4.80. The van der Waals surface area contributed by atoms with Crippen molar-refractivity contribution in [1.29, 1.82) is 0 Å². The minimum absolute atomic E-state index is 0.123. The zero-order valence-corrected chi connectivity index (χ0v) is 15.9. The molecule has 0 radical (unpaired) electrons. The van der Waals surface area contributed by atoms with Crippen LogP contribution in [-0.2, 0) is 28.9 Å². The molecule has 0 unspecified atom stereocenters. The summed E-state index contributed by atoms with van der Waals surface area (Å²) in [7, 11) is 0. The number of carbonyl (C=O) groups is 2. The second-order valence-corrected chi connectivity index (χ2v) is 6.99. The van der Waals surface area contributed by atoms with Gasteiger partial charge in [-0.3, -0.25) is 9.59 Å². The van der Waals surface area contributed by atoms with Crippen LogP contribution in [0.2, 0.25) is 0 Å². The summed E-state index contributed by atoms with van der Waals surface area (Å²) in [5.41, 5.74) is 3.57. The highest BCUT2D eigenvalue weighted by Gasteiger charge is 2.11. The molecule has 0 bridgehead atoms. The van der Waals surface area contributed by atoms with E-state index >= 15 is 0 Å². The fraction of sp³-hybridized carbons (Fsp3) is 0.190. The van der Waals surface area contributed by atoms with Crippen molar-refractivity contribution in [2.45, 2.75) is 26.2 Å². The molecule has 2 N–H and O–H groups in total. The molecule has 0 aliphatic carbocycles. The number of nitrogens with zero attached hydrogens (tertiary/aromatic N) is 1. The van der Waals surface area contributed by atoms with E-state index in [0.717, 1.165) is 17.7 Å². The maximum atomic E-state index is 12.2. The third-order valence-electron chi connectivity index (χ3n) is 3.99. The summed E-state index contributed by atoms with van der Waals surface area (Å²) < 4.78 is 0.